The summed E-state index contributed by atoms with van der Waals surface area (Å²) in [5.41, 5.74) is 4.24. The second kappa shape index (κ2) is 6.45. The summed E-state index contributed by atoms with van der Waals surface area (Å²) in [6.07, 6.45) is 0. The monoisotopic (exact) mass is 332 g/mol. The van der Waals surface area contributed by atoms with Gasteiger partial charge >= 0.3 is 0 Å². The van der Waals surface area contributed by atoms with Gasteiger partial charge in [-0.1, -0.05) is 22.2 Å². The second-order valence-electron chi connectivity index (χ2n) is 6.31. The Hall–Kier alpha value is -2.28. The quantitative estimate of drug-likeness (QED) is 0.858. The predicted molar refractivity (Wildman–Crippen MR) is 89.2 cm³/mol. The molecule has 0 aliphatic carbocycles. The summed E-state index contributed by atoms with van der Waals surface area (Å²) < 4.78 is 3.75. The van der Waals surface area contributed by atoms with Crippen molar-refractivity contribution in [2.24, 2.45) is 0 Å². The molecular formula is C16H20N4O2S. The first-order chi connectivity index (χ1) is 10.7. The van der Waals surface area contributed by atoms with Crippen molar-refractivity contribution in [3.8, 4) is 0 Å². The fraction of sp³-hybridized carbons (Fsp3) is 0.375. The van der Waals surface area contributed by atoms with Crippen LogP contribution in [0.2, 0.25) is 0 Å². The van der Waals surface area contributed by atoms with E-state index in [-0.39, 0.29) is 11.8 Å². The van der Waals surface area contributed by atoms with Gasteiger partial charge in [0.15, 0.2) is 0 Å². The molecule has 1 heterocycles. The molecule has 0 spiro atoms. The number of aryl methyl sites for hydroxylation is 2. The molecule has 0 aliphatic heterocycles. The van der Waals surface area contributed by atoms with Crippen molar-refractivity contribution >= 4 is 23.3 Å². The van der Waals surface area contributed by atoms with E-state index in [0.717, 1.165) is 17.1 Å². The van der Waals surface area contributed by atoms with Gasteiger partial charge in [0.2, 0.25) is 0 Å². The van der Waals surface area contributed by atoms with Crippen LogP contribution in [0.3, 0.4) is 0 Å². The van der Waals surface area contributed by atoms with E-state index in [2.05, 4.69) is 15.0 Å². The van der Waals surface area contributed by atoms with Crippen molar-refractivity contribution in [2.45, 2.75) is 40.2 Å². The SMILES string of the molecule is Cc1ccc(C(=O)N(NC(=O)c2snnc2C)C(C)(C)C)cc1. The Morgan fingerprint density at radius 2 is 1.74 bits per heavy atom. The summed E-state index contributed by atoms with van der Waals surface area (Å²) >= 11 is 1.01. The average Bonchev–Trinajstić information content (AvgIpc) is 2.89. The zero-order valence-electron chi connectivity index (χ0n) is 13.9. The molecule has 2 amide bonds. The molecule has 0 saturated heterocycles. The van der Waals surface area contributed by atoms with Crippen LogP contribution in [-0.2, 0) is 0 Å². The van der Waals surface area contributed by atoms with Crippen molar-refractivity contribution in [2.75, 3.05) is 0 Å². The Balaban J connectivity index is 2.27. The third kappa shape index (κ3) is 3.92. The summed E-state index contributed by atoms with van der Waals surface area (Å²) in [6.45, 7) is 9.24. The lowest BCUT2D eigenvalue weighted by molar-refractivity contribution is 0.0360. The van der Waals surface area contributed by atoms with E-state index in [1.54, 1.807) is 19.1 Å². The minimum Gasteiger partial charge on any atom is -0.267 e. The number of nitrogens with zero attached hydrogens (tertiary/aromatic N) is 3. The van der Waals surface area contributed by atoms with E-state index in [0.29, 0.717) is 16.1 Å². The predicted octanol–water partition coefficient (Wildman–Crippen LogP) is 2.74. The molecule has 0 saturated carbocycles. The molecule has 122 valence electrons. The van der Waals surface area contributed by atoms with Crippen LogP contribution in [0.15, 0.2) is 24.3 Å². The van der Waals surface area contributed by atoms with E-state index in [4.69, 9.17) is 0 Å². The van der Waals surface area contributed by atoms with Crippen LogP contribution in [0.4, 0.5) is 0 Å². The van der Waals surface area contributed by atoms with E-state index in [1.807, 2.05) is 39.8 Å². The van der Waals surface area contributed by atoms with Gasteiger partial charge in [0.05, 0.1) is 11.2 Å². The van der Waals surface area contributed by atoms with E-state index in [1.165, 1.54) is 5.01 Å². The van der Waals surface area contributed by atoms with Gasteiger partial charge in [-0.25, -0.2) is 5.01 Å². The fourth-order valence-electron chi connectivity index (χ4n) is 1.94. The van der Waals surface area contributed by atoms with Gasteiger partial charge in [0.1, 0.15) is 4.88 Å². The number of benzene rings is 1. The van der Waals surface area contributed by atoms with Gasteiger partial charge in [-0.3, -0.25) is 15.0 Å². The number of carbonyl (C=O) groups is 2. The molecule has 2 aromatic rings. The van der Waals surface area contributed by atoms with Crippen LogP contribution in [0.5, 0.6) is 0 Å². The van der Waals surface area contributed by atoms with Crippen LogP contribution in [-0.4, -0.2) is 31.9 Å². The van der Waals surface area contributed by atoms with Crippen molar-refractivity contribution in [3.05, 3.63) is 46.0 Å². The maximum atomic E-state index is 12.8. The maximum Gasteiger partial charge on any atom is 0.283 e. The lowest BCUT2D eigenvalue weighted by Crippen LogP contribution is -2.55. The van der Waals surface area contributed by atoms with Crippen LogP contribution in [0.1, 0.15) is 52.1 Å². The number of hydrazine groups is 1. The Bertz CT molecular complexity index is 716. The van der Waals surface area contributed by atoms with Crippen LogP contribution in [0.25, 0.3) is 0 Å². The smallest absolute Gasteiger partial charge is 0.267 e. The minimum absolute atomic E-state index is 0.263. The summed E-state index contributed by atoms with van der Waals surface area (Å²) in [6, 6.07) is 7.24. The third-order valence-electron chi connectivity index (χ3n) is 3.24. The van der Waals surface area contributed by atoms with Gasteiger partial charge < -0.3 is 0 Å². The first-order valence-corrected chi connectivity index (χ1v) is 7.98. The minimum atomic E-state index is -0.580. The highest BCUT2D eigenvalue weighted by molar-refractivity contribution is 7.07. The largest absolute Gasteiger partial charge is 0.283 e. The molecule has 6 nitrogen and oxygen atoms in total. The number of hydrogen-bond acceptors (Lipinski definition) is 5. The highest BCUT2D eigenvalue weighted by Gasteiger charge is 2.30. The van der Waals surface area contributed by atoms with E-state index in [9.17, 15) is 9.59 Å². The van der Waals surface area contributed by atoms with E-state index < -0.39 is 5.54 Å². The lowest BCUT2D eigenvalue weighted by atomic mass is 10.1. The van der Waals surface area contributed by atoms with Gasteiger partial charge in [-0.15, -0.1) is 5.10 Å². The molecule has 23 heavy (non-hydrogen) atoms. The average molecular weight is 332 g/mol. The molecule has 0 bridgehead atoms. The highest BCUT2D eigenvalue weighted by atomic mass is 32.1. The van der Waals surface area contributed by atoms with Gasteiger partial charge in [0.25, 0.3) is 11.8 Å². The first-order valence-electron chi connectivity index (χ1n) is 7.21. The van der Waals surface area contributed by atoms with Crippen LogP contribution >= 0.6 is 11.5 Å². The number of aromatic nitrogens is 2. The fourth-order valence-corrected chi connectivity index (χ4v) is 2.49. The number of amides is 2. The molecule has 1 N–H and O–H groups in total. The molecule has 0 unspecified atom stereocenters. The summed E-state index contributed by atoms with van der Waals surface area (Å²) in [4.78, 5) is 25.6. The summed E-state index contributed by atoms with van der Waals surface area (Å²) in [5.74, 6) is -0.645. The van der Waals surface area contributed by atoms with Crippen molar-refractivity contribution < 1.29 is 9.59 Å². The molecule has 0 radical (unpaired) electrons. The molecule has 0 aliphatic rings. The summed E-state index contributed by atoms with van der Waals surface area (Å²) in [7, 11) is 0. The Labute approximate surface area is 139 Å². The molecular weight excluding hydrogens is 312 g/mol. The standard InChI is InChI=1S/C16H20N4O2S/c1-10-6-8-12(9-7-10)15(22)20(16(3,4)5)18-14(21)13-11(2)17-19-23-13/h6-9H,1-5H3,(H,18,21). The van der Waals surface area contributed by atoms with Crippen molar-refractivity contribution in [1.29, 1.82) is 0 Å². The van der Waals surface area contributed by atoms with Gasteiger partial charge in [-0.05, 0) is 58.3 Å². The molecule has 7 heteroatoms. The zero-order valence-corrected chi connectivity index (χ0v) is 14.7. The zero-order chi connectivity index (χ0) is 17.2. The molecule has 0 atom stereocenters. The Morgan fingerprint density at radius 1 is 1.13 bits per heavy atom. The number of hydrogen-bond donors (Lipinski definition) is 1. The molecule has 2 rings (SSSR count). The normalized spacial score (nSPS) is 11.2. The molecule has 0 fully saturated rings. The maximum absolute atomic E-state index is 12.8. The van der Waals surface area contributed by atoms with Gasteiger partial charge in [0, 0.05) is 5.56 Å². The Morgan fingerprint density at radius 3 is 2.22 bits per heavy atom. The number of rotatable bonds is 2. The van der Waals surface area contributed by atoms with Crippen molar-refractivity contribution in [1.82, 2.24) is 20.0 Å². The summed E-state index contributed by atoms with van der Waals surface area (Å²) in [5, 5.41) is 5.17. The molecule has 1 aromatic carbocycles. The second-order valence-corrected chi connectivity index (χ2v) is 7.06. The first kappa shape index (κ1) is 17.1. The highest BCUT2D eigenvalue weighted by Crippen LogP contribution is 2.17. The number of nitrogens with one attached hydrogen (secondary N) is 1. The van der Waals surface area contributed by atoms with Crippen molar-refractivity contribution in [3.63, 3.8) is 0 Å². The number of carbonyl (C=O) groups excluding carboxylic acids is 2. The topological polar surface area (TPSA) is 75.2 Å². The third-order valence-corrected chi connectivity index (χ3v) is 4.07. The van der Waals surface area contributed by atoms with E-state index >= 15 is 0 Å². The van der Waals surface area contributed by atoms with Crippen LogP contribution in [0, 0.1) is 13.8 Å². The molecule has 1 aromatic heterocycles. The van der Waals surface area contributed by atoms with Crippen LogP contribution < -0.4 is 5.43 Å². The lowest BCUT2D eigenvalue weighted by Gasteiger charge is -2.35. The van der Waals surface area contributed by atoms with Gasteiger partial charge in [-0.2, -0.15) is 0 Å². The Kier molecular flexibility index (Phi) is 4.79.